The van der Waals surface area contributed by atoms with Gasteiger partial charge < -0.3 is 5.32 Å². The van der Waals surface area contributed by atoms with E-state index in [-0.39, 0.29) is 10.9 Å². The topological polar surface area (TPSA) is 58.2 Å². The maximum absolute atomic E-state index is 12.9. The molecule has 4 nitrogen and oxygen atoms in total. The van der Waals surface area contributed by atoms with Gasteiger partial charge in [-0.2, -0.15) is 0 Å². The molecule has 1 aliphatic heterocycles. The van der Waals surface area contributed by atoms with Gasteiger partial charge in [0.1, 0.15) is 5.82 Å². The summed E-state index contributed by atoms with van der Waals surface area (Å²) >= 11 is 0. The zero-order valence-electron chi connectivity index (χ0n) is 9.32. The lowest BCUT2D eigenvalue weighted by atomic mass is 10.2. The summed E-state index contributed by atoms with van der Waals surface area (Å²) in [6, 6.07) is 5.19. The molecule has 17 heavy (non-hydrogen) atoms. The number of hydrogen-bond acceptors (Lipinski definition) is 3. The second kappa shape index (κ2) is 5.12. The summed E-state index contributed by atoms with van der Waals surface area (Å²) in [4.78, 5) is -0.0319. The van der Waals surface area contributed by atoms with Crippen LogP contribution in [0, 0.1) is 5.82 Å². The molecule has 1 heterocycles. The fraction of sp³-hybridized carbons (Fsp3) is 0.455. The average Bonchev–Trinajstić information content (AvgIpc) is 2.79. The van der Waals surface area contributed by atoms with Gasteiger partial charge in [-0.15, -0.1) is 0 Å². The van der Waals surface area contributed by atoms with E-state index in [0.29, 0.717) is 6.54 Å². The minimum absolute atomic E-state index is 0.0319. The van der Waals surface area contributed by atoms with E-state index >= 15 is 0 Å². The number of benzene rings is 1. The molecule has 1 aliphatic rings. The number of hydrogen-bond donors (Lipinski definition) is 2. The first-order valence-corrected chi connectivity index (χ1v) is 7.05. The third kappa shape index (κ3) is 3.24. The number of halogens is 1. The van der Waals surface area contributed by atoms with E-state index in [1.807, 2.05) is 0 Å². The van der Waals surface area contributed by atoms with E-state index in [4.69, 9.17) is 0 Å². The molecule has 0 bridgehead atoms. The van der Waals surface area contributed by atoms with Crippen LogP contribution in [0.15, 0.2) is 29.2 Å². The van der Waals surface area contributed by atoms with Crippen molar-refractivity contribution >= 4 is 10.0 Å². The fourth-order valence-electron chi connectivity index (χ4n) is 1.86. The normalized spacial score (nSPS) is 20.6. The van der Waals surface area contributed by atoms with Gasteiger partial charge in [-0.25, -0.2) is 17.5 Å². The van der Waals surface area contributed by atoms with Crippen molar-refractivity contribution in [2.24, 2.45) is 0 Å². The highest BCUT2D eigenvalue weighted by Crippen LogP contribution is 2.11. The molecule has 1 saturated heterocycles. The van der Waals surface area contributed by atoms with Crippen molar-refractivity contribution in [1.29, 1.82) is 0 Å². The minimum atomic E-state index is -3.60. The largest absolute Gasteiger partial charge is 0.313 e. The Kier molecular flexibility index (Phi) is 3.76. The summed E-state index contributed by atoms with van der Waals surface area (Å²) < 4.78 is 39.1. The second-order valence-electron chi connectivity index (χ2n) is 4.10. The van der Waals surface area contributed by atoms with Gasteiger partial charge in [0, 0.05) is 12.6 Å². The van der Waals surface area contributed by atoms with Gasteiger partial charge in [0.05, 0.1) is 4.90 Å². The molecule has 1 atom stereocenters. The molecule has 2 rings (SSSR count). The van der Waals surface area contributed by atoms with Crippen molar-refractivity contribution in [3.05, 3.63) is 30.1 Å². The third-order valence-electron chi connectivity index (χ3n) is 2.79. The maximum atomic E-state index is 12.9. The minimum Gasteiger partial charge on any atom is -0.313 e. The van der Waals surface area contributed by atoms with Crippen molar-refractivity contribution in [2.75, 3.05) is 13.1 Å². The van der Waals surface area contributed by atoms with Gasteiger partial charge in [-0.3, -0.25) is 0 Å². The van der Waals surface area contributed by atoms with Gasteiger partial charge in [0.2, 0.25) is 10.0 Å². The molecule has 0 aromatic heterocycles. The number of sulfonamides is 1. The Morgan fingerprint density at radius 2 is 2.29 bits per heavy atom. The van der Waals surface area contributed by atoms with Gasteiger partial charge in [-0.1, -0.05) is 6.07 Å². The molecule has 1 fully saturated rings. The third-order valence-corrected chi connectivity index (χ3v) is 4.21. The first-order chi connectivity index (χ1) is 8.08. The van der Waals surface area contributed by atoms with Crippen LogP contribution >= 0.6 is 0 Å². The first-order valence-electron chi connectivity index (χ1n) is 5.56. The molecule has 0 spiro atoms. The van der Waals surface area contributed by atoms with Crippen molar-refractivity contribution < 1.29 is 12.8 Å². The van der Waals surface area contributed by atoms with Crippen molar-refractivity contribution in [3.63, 3.8) is 0 Å². The van der Waals surface area contributed by atoms with Crippen LogP contribution in [0.4, 0.5) is 4.39 Å². The Morgan fingerprint density at radius 3 is 2.94 bits per heavy atom. The summed E-state index contributed by atoms with van der Waals surface area (Å²) in [6.45, 7) is 1.27. The van der Waals surface area contributed by atoms with Crippen LogP contribution in [0.3, 0.4) is 0 Å². The molecule has 0 aliphatic carbocycles. The molecule has 2 N–H and O–H groups in total. The van der Waals surface area contributed by atoms with Crippen LogP contribution in [0.2, 0.25) is 0 Å². The smallest absolute Gasteiger partial charge is 0.240 e. The molecular formula is C11H15FN2O2S. The predicted molar refractivity (Wildman–Crippen MR) is 62.6 cm³/mol. The first kappa shape index (κ1) is 12.5. The molecular weight excluding hydrogens is 243 g/mol. The molecule has 0 unspecified atom stereocenters. The molecule has 0 amide bonds. The Balaban J connectivity index is 2.03. The predicted octanol–water partition coefficient (Wildman–Crippen LogP) is 0.856. The lowest BCUT2D eigenvalue weighted by Crippen LogP contribution is -2.37. The van der Waals surface area contributed by atoms with E-state index in [1.54, 1.807) is 0 Å². The van der Waals surface area contributed by atoms with Crippen molar-refractivity contribution in [3.8, 4) is 0 Å². The van der Waals surface area contributed by atoms with Crippen LogP contribution in [-0.4, -0.2) is 27.5 Å². The fourth-order valence-corrected chi connectivity index (χ4v) is 2.97. The van der Waals surface area contributed by atoms with Gasteiger partial charge in [0.15, 0.2) is 0 Å². The Hall–Kier alpha value is -0.980. The zero-order chi connectivity index (χ0) is 12.3. The standard InChI is InChI=1S/C11H15FN2O2S/c12-9-3-1-5-11(7-9)17(15,16)14-8-10-4-2-6-13-10/h1,3,5,7,10,13-14H,2,4,6,8H2/t10-/m0/s1. The van der Waals surface area contributed by atoms with Gasteiger partial charge in [0.25, 0.3) is 0 Å². The molecule has 0 saturated carbocycles. The van der Waals surface area contributed by atoms with E-state index in [2.05, 4.69) is 10.0 Å². The molecule has 1 aromatic carbocycles. The number of nitrogens with one attached hydrogen (secondary N) is 2. The van der Waals surface area contributed by atoms with E-state index in [0.717, 1.165) is 25.5 Å². The second-order valence-corrected chi connectivity index (χ2v) is 5.87. The zero-order valence-corrected chi connectivity index (χ0v) is 10.1. The lowest BCUT2D eigenvalue weighted by Gasteiger charge is -2.11. The Morgan fingerprint density at radius 1 is 1.47 bits per heavy atom. The Labute approximate surface area is 100 Å². The van der Waals surface area contributed by atoms with Crippen molar-refractivity contribution in [1.82, 2.24) is 10.0 Å². The highest BCUT2D eigenvalue weighted by molar-refractivity contribution is 7.89. The summed E-state index contributed by atoms with van der Waals surface area (Å²) in [7, 11) is -3.60. The highest BCUT2D eigenvalue weighted by atomic mass is 32.2. The van der Waals surface area contributed by atoms with E-state index in [1.165, 1.54) is 18.2 Å². The summed E-state index contributed by atoms with van der Waals surface area (Å²) in [6.07, 6.45) is 2.03. The molecule has 94 valence electrons. The molecule has 1 aromatic rings. The van der Waals surface area contributed by atoms with Crippen LogP contribution in [0.25, 0.3) is 0 Å². The van der Waals surface area contributed by atoms with Crippen LogP contribution in [0.1, 0.15) is 12.8 Å². The van der Waals surface area contributed by atoms with Gasteiger partial charge >= 0.3 is 0 Å². The highest BCUT2D eigenvalue weighted by Gasteiger charge is 2.19. The number of rotatable bonds is 4. The average molecular weight is 258 g/mol. The summed E-state index contributed by atoms with van der Waals surface area (Å²) in [5.74, 6) is -0.549. The van der Waals surface area contributed by atoms with Crippen molar-refractivity contribution in [2.45, 2.75) is 23.8 Å². The monoisotopic (exact) mass is 258 g/mol. The molecule has 0 radical (unpaired) electrons. The van der Waals surface area contributed by atoms with Crippen LogP contribution in [0.5, 0.6) is 0 Å². The van der Waals surface area contributed by atoms with Gasteiger partial charge in [-0.05, 0) is 37.6 Å². The lowest BCUT2D eigenvalue weighted by molar-refractivity contribution is 0.550. The molecule has 6 heteroatoms. The quantitative estimate of drug-likeness (QED) is 0.842. The van der Waals surface area contributed by atoms with Crippen LogP contribution < -0.4 is 10.0 Å². The maximum Gasteiger partial charge on any atom is 0.240 e. The SMILES string of the molecule is O=S(=O)(NC[C@@H]1CCCN1)c1cccc(F)c1. The van der Waals surface area contributed by atoms with Crippen LogP contribution in [-0.2, 0) is 10.0 Å². The van der Waals surface area contributed by atoms with E-state index in [9.17, 15) is 12.8 Å². The van der Waals surface area contributed by atoms with E-state index < -0.39 is 15.8 Å². The summed E-state index contributed by atoms with van der Waals surface area (Å²) in [5, 5.41) is 3.19. The Bertz CT molecular complexity index is 484. The summed E-state index contributed by atoms with van der Waals surface area (Å²) in [5.41, 5.74) is 0.